The molecule has 5 nitrogen and oxygen atoms in total. The summed E-state index contributed by atoms with van der Waals surface area (Å²) < 4.78 is 2.49. The highest BCUT2D eigenvalue weighted by atomic mass is 16.1. The molecule has 0 spiro atoms. The summed E-state index contributed by atoms with van der Waals surface area (Å²) in [5.41, 5.74) is 11.8. The summed E-state index contributed by atoms with van der Waals surface area (Å²) in [4.78, 5) is 19.7. The Kier molecular flexibility index (Phi) is 5.30. The van der Waals surface area contributed by atoms with E-state index in [1.54, 1.807) is 0 Å². The Morgan fingerprint density at radius 3 is 2.81 bits per heavy atom. The molecule has 1 saturated heterocycles. The molecule has 1 radical (unpaired) electrons. The minimum Gasteiger partial charge on any atom is -0.369 e. The normalized spacial score (nSPS) is 22.1. The van der Waals surface area contributed by atoms with Crippen molar-refractivity contribution in [2.24, 2.45) is 11.7 Å². The fraction of sp³-hybridized carbons (Fsp3) is 0.462. The number of aromatic nitrogens is 2. The van der Waals surface area contributed by atoms with E-state index in [2.05, 4.69) is 47.6 Å². The van der Waals surface area contributed by atoms with Crippen LogP contribution in [0.15, 0.2) is 36.4 Å². The second kappa shape index (κ2) is 8.12. The van der Waals surface area contributed by atoms with Crippen molar-refractivity contribution in [2.45, 2.75) is 51.5 Å². The van der Waals surface area contributed by atoms with Crippen LogP contribution in [0.1, 0.15) is 54.2 Å². The van der Waals surface area contributed by atoms with Gasteiger partial charge in [0.2, 0.25) is 5.91 Å². The van der Waals surface area contributed by atoms with Gasteiger partial charge in [0, 0.05) is 32.1 Å². The van der Waals surface area contributed by atoms with Crippen molar-refractivity contribution in [3.63, 3.8) is 0 Å². The summed E-state index contributed by atoms with van der Waals surface area (Å²) in [6.45, 7) is 7.34. The number of hydrogen-bond acceptors (Lipinski definition) is 3. The second-order valence-electron chi connectivity index (χ2n) is 9.24. The molecule has 5 rings (SSSR count). The number of piperidine rings is 1. The van der Waals surface area contributed by atoms with Gasteiger partial charge in [-0.2, -0.15) is 0 Å². The third kappa shape index (κ3) is 3.65. The summed E-state index contributed by atoms with van der Waals surface area (Å²) in [7, 11) is 0. The monoisotopic (exact) mass is 415 g/mol. The van der Waals surface area contributed by atoms with Crippen LogP contribution in [0.25, 0.3) is 11.0 Å². The molecule has 1 fully saturated rings. The third-order valence-electron chi connectivity index (χ3n) is 7.23. The van der Waals surface area contributed by atoms with E-state index >= 15 is 0 Å². The molecule has 0 saturated carbocycles. The number of imidazole rings is 1. The zero-order valence-corrected chi connectivity index (χ0v) is 18.5. The number of nitrogens with two attached hydrogens (primary N) is 1. The maximum Gasteiger partial charge on any atom is 0.225 e. The van der Waals surface area contributed by atoms with Crippen LogP contribution in [0, 0.1) is 18.9 Å². The first-order valence-corrected chi connectivity index (χ1v) is 11.5. The van der Waals surface area contributed by atoms with Crippen LogP contribution in [0.4, 0.5) is 0 Å². The molecular formula is C26H31N4O. The van der Waals surface area contributed by atoms with Crippen molar-refractivity contribution < 1.29 is 4.79 Å². The Balaban J connectivity index is 1.30. The van der Waals surface area contributed by atoms with E-state index in [4.69, 9.17) is 10.7 Å². The number of rotatable bonds is 5. The highest BCUT2D eigenvalue weighted by Crippen LogP contribution is 2.39. The van der Waals surface area contributed by atoms with E-state index in [0.29, 0.717) is 6.04 Å². The van der Waals surface area contributed by atoms with E-state index in [1.165, 1.54) is 22.5 Å². The van der Waals surface area contributed by atoms with Gasteiger partial charge < -0.3 is 15.2 Å². The molecule has 2 aliphatic rings. The van der Waals surface area contributed by atoms with Crippen molar-refractivity contribution in [1.82, 2.24) is 14.5 Å². The maximum atomic E-state index is 12.2. The molecule has 3 aromatic rings. The molecule has 161 valence electrons. The molecule has 2 atom stereocenters. The molecule has 1 aliphatic carbocycles. The molecule has 2 N–H and O–H groups in total. The van der Waals surface area contributed by atoms with Crippen molar-refractivity contribution in [3.8, 4) is 0 Å². The van der Waals surface area contributed by atoms with Gasteiger partial charge in [-0.3, -0.25) is 4.79 Å². The van der Waals surface area contributed by atoms with E-state index in [9.17, 15) is 4.79 Å². The molecule has 5 heteroatoms. The number of primary amides is 1. The standard InChI is InChI=1S/C26H31N4O/c1-3-24-28-22-14-17(2)8-9-23(22)30(24)20-10-12-29(13-11-20)16-19-15-18-6-4-5-7-21(18)25(19)26(27)31/h5-9,14,19-20,25H,3,10-13,15-16H2,1-2H3,(H2,27,31). The minimum atomic E-state index is -0.197. The zero-order chi connectivity index (χ0) is 21.5. The van der Waals surface area contributed by atoms with Crippen molar-refractivity contribution >= 4 is 16.9 Å². The van der Waals surface area contributed by atoms with Gasteiger partial charge >= 0.3 is 0 Å². The van der Waals surface area contributed by atoms with Gasteiger partial charge in [-0.15, -0.1) is 0 Å². The number of amides is 1. The number of fused-ring (bicyclic) bond motifs is 2. The fourth-order valence-corrected chi connectivity index (χ4v) is 5.77. The van der Waals surface area contributed by atoms with Gasteiger partial charge in [-0.25, -0.2) is 4.98 Å². The average Bonchev–Trinajstić information content (AvgIpc) is 3.31. The first kappa shape index (κ1) is 20.3. The van der Waals surface area contributed by atoms with Crippen LogP contribution >= 0.6 is 0 Å². The first-order chi connectivity index (χ1) is 15.0. The van der Waals surface area contributed by atoms with Gasteiger partial charge in [0.1, 0.15) is 5.82 Å². The molecule has 0 bridgehead atoms. The highest BCUT2D eigenvalue weighted by molar-refractivity contribution is 5.83. The number of likely N-dealkylation sites (tertiary alicyclic amines) is 1. The number of hydrogen-bond donors (Lipinski definition) is 1. The first-order valence-electron chi connectivity index (χ1n) is 11.5. The van der Waals surface area contributed by atoms with Crippen LogP contribution in [0.3, 0.4) is 0 Å². The molecular weight excluding hydrogens is 384 g/mol. The summed E-state index contributed by atoms with van der Waals surface area (Å²) in [6, 6.07) is 16.2. The van der Waals surface area contributed by atoms with Gasteiger partial charge in [0.15, 0.2) is 0 Å². The van der Waals surface area contributed by atoms with E-state index < -0.39 is 0 Å². The molecule has 1 aliphatic heterocycles. The van der Waals surface area contributed by atoms with E-state index in [0.717, 1.165) is 56.4 Å². The zero-order valence-electron chi connectivity index (χ0n) is 18.5. The number of carbonyl (C=O) groups excluding carboxylic acids is 1. The molecule has 1 aromatic heterocycles. The lowest BCUT2D eigenvalue weighted by molar-refractivity contribution is -0.120. The molecule has 1 amide bonds. The average molecular weight is 416 g/mol. The number of carbonyl (C=O) groups is 1. The fourth-order valence-electron chi connectivity index (χ4n) is 5.77. The van der Waals surface area contributed by atoms with Gasteiger partial charge in [0.05, 0.1) is 17.0 Å². The van der Waals surface area contributed by atoms with Crippen LogP contribution in [0.2, 0.25) is 0 Å². The van der Waals surface area contributed by atoms with Crippen LogP contribution in [-0.2, 0) is 17.6 Å². The van der Waals surface area contributed by atoms with E-state index in [1.807, 2.05) is 18.2 Å². The maximum absolute atomic E-state index is 12.2. The van der Waals surface area contributed by atoms with Gasteiger partial charge in [0.25, 0.3) is 0 Å². The second-order valence-corrected chi connectivity index (χ2v) is 9.24. The lowest BCUT2D eigenvalue weighted by Crippen LogP contribution is -2.40. The predicted octanol–water partition coefficient (Wildman–Crippen LogP) is 3.79. The van der Waals surface area contributed by atoms with E-state index in [-0.39, 0.29) is 17.7 Å². The largest absolute Gasteiger partial charge is 0.369 e. The highest BCUT2D eigenvalue weighted by Gasteiger charge is 2.37. The lowest BCUT2D eigenvalue weighted by Gasteiger charge is -2.35. The van der Waals surface area contributed by atoms with Gasteiger partial charge in [-0.1, -0.05) is 31.2 Å². The number of aryl methyl sites for hydroxylation is 2. The predicted molar refractivity (Wildman–Crippen MR) is 123 cm³/mol. The Morgan fingerprint density at radius 1 is 1.26 bits per heavy atom. The molecule has 2 heterocycles. The number of nitrogens with zero attached hydrogens (tertiary/aromatic N) is 3. The van der Waals surface area contributed by atoms with Crippen LogP contribution < -0.4 is 5.73 Å². The Morgan fingerprint density at radius 2 is 2.06 bits per heavy atom. The SMILES string of the molecule is CCc1nc2cc(C)ccc2n1C1CCN(CC2Cc3c[c]ccc3C2C(N)=O)CC1. The lowest BCUT2D eigenvalue weighted by atomic mass is 9.90. The Hall–Kier alpha value is -2.66. The molecule has 2 unspecified atom stereocenters. The Labute approximate surface area is 184 Å². The van der Waals surface area contributed by atoms with Crippen molar-refractivity contribution in [1.29, 1.82) is 0 Å². The van der Waals surface area contributed by atoms with Crippen LogP contribution in [0.5, 0.6) is 0 Å². The number of benzene rings is 2. The summed E-state index contributed by atoms with van der Waals surface area (Å²) in [5, 5.41) is 0. The van der Waals surface area contributed by atoms with Gasteiger partial charge in [-0.05, 0) is 67.0 Å². The molecule has 31 heavy (non-hydrogen) atoms. The summed E-state index contributed by atoms with van der Waals surface area (Å²) in [6.07, 6.45) is 4.10. The summed E-state index contributed by atoms with van der Waals surface area (Å²) >= 11 is 0. The summed E-state index contributed by atoms with van der Waals surface area (Å²) in [5.74, 6) is 1.09. The molecule has 2 aromatic carbocycles. The van der Waals surface area contributed by atoms with Crippen molar-refractivity contribution in [2.75, 3.05) is 19.6 Å². The topological polar surface area (TPSA) is 64.2 Å². The third-order valence-corrected chi connectivity index (χ3v) is 7.23. The van der Waals surface area contributed by atoms with Crippen molar-refractivity contribution in [3.05, 3.63) is 65.0 Å². The quantitative estimate of drug-likeness (QED) is 0.690. The van der Waals surface area contributed by atoms with Crippen LogP contribution in [-0.4, -0.2) is 40.0 Å². The minimum absolute atomic E-state index is 0.171. The smallest absolute Gasteiger partial charge is 0.225 e. The Bertz CT molecular complexity index is 1110.